The summed E-state index contributed by atoms with van der Waals surface area (Å²) >= 11 is 3.34. The monoisotopic (exact) mass is 301 g/mol. The third kappa shape index (κ3) is 3.50. The zero-order chi connectivity index (χ0) is 12.3. The van der Waals surface area contributed by atoms with Crippen molar-refractivity contribution in [1.82, 2.24) is 5.32 Å². The zero-order valence-corrected chi connectivity index (χ0v) is 11.3. The molecule has 0 aliphatic heterocycles. The number of hydrogen-bond donors (Lipinski definition) is 2. The van der Waals surface area contributed by atoms with Gasteiger partial charge in [-0.05, 0) is 49.6 Å². The molecule has 1 saturated carbocycles. The number of benzene rings is 1. The van der Waals surface area contributed by atoms with Gasteiger partial charge in [0.25, 0.3) is 0 Å². The van der Waals surface area contributed by atoms with E-state index in [4.69, 9.17) is 5.11 Å². The fraction of sp³-hybridized carbons (Fsp3) is 0.538. The molecule has 1 fully saturated rings. The molecule has 1 aliphatic carbocycles. The molecule has 0 saturated heterocycles. The molecular weight excluding hydrogens is 285 g/mol. The highest BCUT2D eigenvalue weighted by atomic mass is 79.9. The number of hydrogen-bond acceptors (Lipinski definition) is 2. The van der Waals surface area contributed by atoms with Gasteiger partial charge in [-0.3, -0.25) is 0 Å². The average Bonchev–Trinajstić information content (AvgIpc) is 3.10. The van der Waals surface area contributed by atoms with Gasteiger partial charge < -0.3 is 10.4 Å². The summed E-state index contributed by atoms with van der Waals surface area (Å²) in [5.74, 6) is -0.154. The Balaban J connectivity index is 1.76. The van der Waals surface area contributed by atoms with Crippen LogP contribution in [0.4, 0.5) is 4.39 Å². The van der Waals surface area contributed by atoms with Crippen LogP contribution in [0.15, 0.2) is 22.7 Å². The van der Waals surface area contributed by atoms with Gasteiger partial charge in [-0.1, -0.05) is 15.9 Å². The maximum absolute atomic E-state index is 13.4. The zero-order valence-electron chi connectivity index (χ0n) is 9.68. The molecule has 0 bridgehead atoms. The molecule has 0 unspecified atom stereocenters. The van der Waals surface area contributed by atoms with Crippen molar-refractivity contribution in [3.63, 3.8) is 0 Å². The summed E-state index contributed by atoms with van der Waals surface area (Å²) in [5.41, 5.74) is 0.844. The molecule has 1 aromatic rings. The molecule has 1 aromatic carbocycles. The highest BCUT2D eigenvalue weighted by molar-refractivity contribution is 9.10. The van der Waals surface area contributed by atoms with E-state index in [1.54, 1.807) is 6.07 Å². The van der Waals surface area contributed by atoms with Crippen molar-refractivity contribution in [1.29, 1.82) is 0 Å². The van der Waals surface area contributed by atoms with E-state index in [2.05, 4.69) is 21.2 Å². The van der Waals surface area contributed by atoms with Crippen molar-refractivity contribution in [3.8, 4) is 0 Å². The first-order chi connectivity index (χ1) is 8.15. The summed E-state index contributed by atoms with van der Waals surface area (Å²) in [5, 5.41) is 12.4. The number of halogens is 2. The number of aliphatic hydroxyl groups is 1. The maximum atomic E-state index is 13.4. The lowest BCUT2D eigenvalue weighted by Gasteiger charge is -2.12. The smallest absolute Gasteiger partial charge is 0.126 e. The molecule has 17 heavy (non-hydrogen) atoms. The first-order valence-electron chi connectivity index (χ1n) is 5.91. The Kier molecular flexibility index (Phi) is 4.17. The van der Waals surface area contributed by atoms with E-state index < -0.39 is 0 Å². The molecule has 2 nitrogen and oxygen atoms in total. The van der Waals surface area contributed by atoms with Crippen molar-refractivity contribution < 1.29 is 9.50 Å². The minimum absolute atomic E-state index is 0.121. The minimum atomic E-state index is -0.154. The van der Waals surface area contributed by atoms with Gasteiger partial charge in [0, 0.05) is 23.0 Å². The van der Waals surface area contributed by atoms with Gasteiger partial charge in [-0.15, -0.1) is 0 Å². The Hall–Kier alpha value is -0.450. The number of nitrogens with one attached hydrogen (secondary N) is 1. The summed E-state index contributed by atoms with van der Waals surface area (Å²) in [7, 11) is 0. The lowest BCUT2D eigenvalue weighted by Crippen LogP contribution is -2.28. The van der Waals surface area contributed by atoms with Gasteiger partial charge in [-0.25, -0.2) is 4.39 Å². The van der Waals surface area contributed by atoms with Crippen molar-refractivity contribution in [2.24, 2.45) is 5.41 Å². The van der Waals surface area contributed by atoms with Crippen LogP contribution in [0.1, 0.15) is 18.4 Å². The van der Waals surface area contributed by atoms with Crippen LogP contribution in [0.2, 0.25) is 0 Å². The predicted molar refractivity (Wildman–Crippen MR) is 69.4 cm³/mol. The summed E-state index contributed by atoms with van der Waals surface area (Å²) < 4.78 is 14.3. The fourth-order valence-corrected chi connectivity index (χ4v) is 2.29. The first-order valence-corrected chi connectivity index (χ1v) is 6.70. The summed E-state index contributed by atoms with van der Waals surface area (Å²) in [6.07, 6.45) is 2.87. The van der Waals surface area contributed by atoms with Gasteiger partial charge >= 0.3 is 0 Å². The van der Waals surface area contributed by atoms with Gasteiger partial charge in [0.2, 0.25) is 0 Å². The van der Waals surface area contributed by atoms with E-state index in [9.17, 15) is 4.39 Å². The van der Waals surface area contributed by atoms with Crippen LogP contribution in [0.25, 0.3) is 0 Å². The lowest BCUT2D eigenvalue weighted by molar-refractivity contribution is 0.208. The van der Waals surface area contributed by atoms with E-state index in [0.717, 1.165) is 36.0 Å². The first kappa shape index (κ1) is 13.0. The fourth-order valence-electron chi connectivity index (χ4n) is 1.88. The highest BCUT2D eigenvalue weighted by Gasteiger charge is 2.41. The third-order valence-corrected chi connectivity index (χ3v) is 3.86. The lowest BCUT2D eigenvalue weighted by atomic mass is 10.1. The van der Waals surface area contributed by atoms with Crippen LogP contribution in [0, 0.1) is 11.2 Å². The molecule has 0 amide bonds. The maximum Gasteiger partial charge on any atom is 0.126 e. The molecule has 2 rings (SSSR count). The molecule has 0 aromatic heterocycles. The number of rotatable bonds is 6. The molecule has 0 spiro atoms. The van der Waals surface area contributed by atoms with Crippen molar-refractivity contribution in [3.05, 3.63) is 34.1 Å². The molecule has 0 atom stereocenters. The van der Waals surface area contributed by atoms with Crippen LogP contribution in [0.3, 0.4) is 0 Å². The standard InChI is InChI=1S/C13H17BrFNO/c14-11-1-2-12(15)10(7-11)3-6-16-8-13(9-17)4-5-13/h1-2,7,16-17H,3-6,8-9H2. The quantitative estimate of drug-likeness (QED) is 0.791. The second kappa shape index (κ2) is 5.46. The van der Waals surface area contributed by atoms with Gasteiger partial charge in [-0.2, -0.15) is 0 Å². The van der Waals surface area contributed by atoms with E-state index >= 15 is 0 Å². The van der Waals surface area contributed by atoms with Crippen LogP contribution < -0.4 is 5.32 Å². The van der Waals surface area contributed by atoms with Crippen LogP contribution in [-0.4, -0.2) is 24.8 Å². The topological polar surface area (TPSA) is 32.3 Å². The Bertz CT molecular complexity index is 393. The normalized spacial score (nSPS) is 17.1. The Morgan fingerprint density at radius 1 is 1.41 bits per heavy atom. The molecule has 94 valence electrons. The molecule has 1 aliphatic rings. The second-order valence-electron chi connectivity index (χ2n) is 4.82. The summed E-state index contributed by atoms with van der Waals surface area (Å²) in [6, 6.07) is 5.00. The Morgan fingerprint density at radius 3 is 2.82 bits per heavy atom. The average molecular weight is 302 g/mol. The minimum Gasteiger partial charge on any atom is -0.396 e. The Morgan fingerprint density at radius 2 is 2.18 bits per heavy atom. The molecule has 2 N–H and O–H groups in total. The summed E-state index contributed by atoms with van der Waals surface area (Å²) in [4.78, 5) is 0. The SMILES string of the molecule is OCC1(CNCCc2cc(Br)ccc2F)CC1. The van der Waals surface area contributed by atoms with Crippen LogP contribution in [-0.2, 0) is 6.42 Å². The second-order valence-corrected chi connectivity index (χ2v) is 5.74. The van der Waals surface area contributed by atoms with Crippen LogP contribution in [0.5, 0.6) is 0 Å². The van der Waals surface area contributed by atoms with E-state index in [-0.39, 0.29) is 17.8 Å². The van der Waals surface area contributed by atoms with Gasteiger partial charge in [0.15, 0.2) is 0 Å². The highest BCUT2D eigenvalue weighted by Crippen LogP contribution is 2.44. The molecule has 4 heteroatoms. The molecule has 0 radical (unpaired) electrons. The largest absolute Gasteiger partial charge is 0.396 e. The van der Waals surface area contributed by atoms with Gasteiger partial charge in [0.1, 0.15) is 5.82 Å². The molecule has 0 heterocycles. The van der Waals surface area contributed by atoms with E-state index in [1.807, 2.05) is 6.07 Å². The predicted octanol–water partition coefficient (Wildman–Crippen LogP) is 2.49. The van der Waals surface area contributed by atoms with Gasteiger partial charge in [0.05, 0.1) is 0 Å². The van der Waals surface area contributed by atoms with Crippen molar-refractivity contribution in [2.75, 3.05) is 19.7 Å². The number of aliphatic hydroxyl groups excluding tert-OH is 1. The Labute approximate surface area is 109 Å². The van der Waals surface area contributed by atoms with Crippen LogP contribution >= 0.6 is 15.9 Å². The van der Waals surface area contributed by atoms with E-state index in [0.29, 0.717) is 6.42 Å². The van der Waals surface area contributed by atoms with Crippen molar-refractivity contribution in [2.45, 2.75) is 19.3 Å². The van der Waals surface area contributed by atoms with E-state index in [1.165, 1.54) is 6.07 Å². The van der Waals surface area contributed by atoms with Crippen molar-refractivity contribution >= 4 is 15.9 Å². The third-order valence-electron chi connectivity index (χ3n) is 3.37. The molecular formula is C13H17BrFNO. The summed E-state index contributed by atoms with van der Waals surface area (Å²) in [6.45, 7) is 1.83.